The van der Waals surface area contributed by atoms with Gasteiger partial charge in [0.25, 0.3) is 0 Å². The largest absolute Gasteiger partial charge is 0.477 e. The Hall–Kier alpha value is -1.69. The first-order valence-electron chi connectivity index (χ1n) is 8.77. The Morgan fingerprint density at radius 3 is 2.92 bits per heavy atom. The molecule has 2 aromatic heterocycles. The number of aryl methyl sites for hydroxylation is 1. The fourth-order valence-corrected chi connectivity index (χ4v) is 4.93. The van der Waals surface area contributed by atoms with Gasteiger partial charge in [0.05, 0.1) is 6.10 Å². The number of carbonyl (C=O) groups is 1. The monoisotopic (exact) mass is 391 g/mol. The van der Waals surface area contributed by atoms with Gasteiger partial charge in [-0.2, -0.15) is 0 Å². The second kappa shape index (κ2) is 8.80. The van der Waals surface area contributed by atoms with Gasteiger partial charge in [-0.3, -0.25) is 4.98 Å². The topological polar surface area (TPSA) is 70.4 Å². The highest BCUT2D eigenvalue weighted by molar-refractivity contribution is 7.13. The number of aliphatic hydroxyl groups excluding tert-OH is 1. The molecule has 1 aliphatic carbocycles. The number of alkyl halides is 1. The Kier molecular flexibility index (Phi) is 6.46. The third kappa shape index (κ3) is 4.72. The van der Waals surface area contributed by atoms with Gasteiger partial charge in [-0.1, -0.05) is 18.2 Å². The summed E-state index contributed by atoms with van der Waals surface area (Å²) in [6.07, 6.45) is 10.5. The van der Waals surface area contributed by atoms with Crippen molar-refractivity contribution in [2.45, 2.75) is 37.2 Å². The molecule has 3 rings (SSSR count). The van der Waals surface area contributed by atoms with Crippen LogP contribution in [0.3, 0.4) is 0 Å². The maximum atomic E-state index is 11.0. The van der Waals surface area contributed by atoms with Crippen LogP contribution in [0.2, 0.25) is 0 Å². The van der Waals surface area contributed by atoms with E-state index in [1.807, 2.05) is 24.3 Å². The van der Waals surface area contributed by atoms with Crippen molar-refractivity contribution in [1.29, 1.82) is 0 Å². The van der Waals surface area contributed by atoms with Gasteiger partial charge in [0.1, 0.15) is 4.88 Å². The van der Waals surface area contributed by atoms with Crippen LogP contribution in [0.15, 0.2) is 42.7 Å². The smallest absolute Gasteiger partial charge is 0.345 e. The molecule has 0 spiro atoms. The van der Waals surface area contributed by atoms with E-state index in [0.29, 0.717) is 11.3 Å². The summed E-state index contributed by atoms with van der Waals surface area (Å²) in [5.41, 5.74) is 1.01. The normalized spacial score (nSPS) is 25.8. The first-order valence-corrected chi connectivity index (χ1v) is 10.0. The molecular weight excluding hydrogens is 370 g/mol. The molecule has 0 saturated heterocycles. The number of thiophene rings is 1. The molecule has 4 atom stereocenters. The molecule has 0 aromatic carbocycles. The van der Waals surface area contributed by atoms with Crippen molar-refractivity contribution >= 4 is 35.0 Å². The van der Waals surface area contributed by atoms with E-state index in [2.05, 4.69) is 11.1 Å². The van der Waals surface area contributed by atoms with Crippen LogP contribution in [-0.2, 0) is 6.42 Å². The van der Waals surface area contributed by atoms with Crippen LogP contribution in [0, 0.1) is 11.8 Å². The van der Waals surface area contributed by atoms with Gasteiger partial charge in [-0.15, -0.1) is 22.9 Å². The molecule has 2 aromatic rings. The van der Waals surface area contributed by atoms with Crippen LogP contribution in [-0.4, -0.2) is 32.6 Å². The van der Waals surface area contributed by atoms with Crippen LogP contribution in [0.5, 0.6) is 0 Å². The molecule has 1 fully saturated rings. The first-order chi connectivity index (χ1) is 12.5. The molecular formula is C20H22ClNO3S. The summed E-state index contributed by atoms with van der Waals surface area (Å²) in [5, 5.41) is 19.3. The summed E-state index contributed by atoms with van der Waals surface area (Å²) in [6, 6.07) is 7.41. The van der Waals surface area contributed by atoms with Gasteiger partial charge >= 0.3 is 5.97 Å². The number of hydrogen-bond acceptors (Lipinski definition) is 4. The molecule has 2 heterocycles. The lowest BCUT2D eigenvalue weighted by Crippen LogP contribution is -2.18. The number of halogens is 1. The van der Waals surface area contributed by atoms with Crippen molar-refractivity contribution in [3.8, 4) is 0 Å². The molecule has 1 saturated carbocycles. The van der Waals surface area contributed by atoms with Gasteiger partial charge in [-0.05, 0) is 55.4 Å². The zero-order valence-electron chi connectivity index (χ0n) is 14.3. The van der Waals surface area contributed by atoms with E-state index in [1.54, 1.807) is 18.5 Å². The summed E-state index contributed by atoms with van der Waals surface area (Å²) in [5.74, 6) is -0.615. The number of carboxylic acids is 1. The first kappa shape index (κ1) is 19.1. The molecule has 2 N–H and O–H groups in total. The molecule has 0 radical (unpaired) electrons. The number of rotatable bonds is 7. The van der Waals surface area contributed by atoms with Crippen molar-refractivity contribution in [2.75, 3.05) is 0 Å². The summed E-state index contributed by atoms with van der Waals surface area (Å²) in [6.45, 7) is 0. The number of carboxylic acid groups (broad SMARTS) is 1. The SMILES string of the molecule is O=C(O)c1ccc(CCC[C@@H]2[C@@H](C=Cc3cccnc3)[C@H](O)C[C@H]2Cl)s1. The van der Waals surface area contributed by atoms with Crippen molar-refractivity contribution in [1.82, 2.24) is 4.98 Å². The predicted octanol–water partition coefficient (Wildman–Crippen LogP) is 4.48. The zero-order valence-corrected chi connectivity index (χ0v) is 15.9. The number of pyridine rings is 1. The minimum atomic E-state index is -0.874. The summed E-state index contributed by atoms with van der Waals surface area (Å²) in [4.78, 5) is 16.5. The number of aliphatic hydroxyl groups is 1. The zero-order chi connectivity index (χ0) is 18.5. The number of aromatic carboxylic acids is 1. The third-order valence-electron chi connectivity index (χ3n) is 4.90. The quantitative estimate of drug-likeness (QED) is 0.682. The highest BCUT2D eigenvalue weighted by Gasteiger charge is 2.39. The van der Waals surface area contributed by atoms with E-state index >= 15 is 0 Å². The molecule has 1 aliphatic rings. The maximum absolute atomic E-state index is 11.0. The Labute approximate surface area is 162 Å². The Bertz CT molecular complexity index is 761. The average molecular weight is 392 g/mol. The van der Waals surface area contributed by atoms with E-state index in [1.165, 1.54) is 11.3 Å². The van der Waals surface area contributed by atoms with E-state index < -0.39 is 12.1 Å². The second-order valence-corrected chi connectivity index (χ2v) is 8.40. The van der Waals surface area contributed by atoms with E-state index in [0.717, 1.165) is 29.7 Å². The van der Waals surface area contributed by atoms with Gasteiger partial charge in [0.2, 0.25) is 0 Å². The van der Waals surface area contributed by atoms with Crippen molar-refractivity contribution in [3.63, 3.8) is 0 Å². The highest BCUT2D eigenvalue weighted by atomic mass is 35.5. The minimum absolute atomic E-state index is 0.0357. The minimum Gasteiger partial charge on any atom is -0.477 e. The Morgan fingerprint density at radius 2 is 2.23 bits per heavy atom. The molecule has 26 heavy (non-hydrogen) atoms. The van der Waals surface area contributed by atoms with Crippen LogP contribution in [0.25, 0.3) is 6.08 Å². The van der Waals surface area contributed by atoms with Gasteiger partial charge in [0, 0.05) is 28.6 Å². The maximum Gasteiger partial charge on any atom is 0.345 e. The number of nitrogens with zero attached hydrogens (tertiary/aromatic N) is 1. The molecule has 0 bridgehead atoms. The third-order valence-corrected chi connectivity index (χ3v) is 6.53. The fourth-order valence-electron chi connectivity index (χ4n) is 3.57. The summed E-state index contributed by atoms with van der Waals surface area (Å²) >= 11 is 7.83. The van der Waals surface area contributed by atoms with Gasteiger partial charge in [0.15, 0.2) is 0 Å². The lowest BCUT2D eigenvalue weighted by Gasteiger charge is -2.20. The van der Waals surface area contributed by atoms with Crippen molar-refractivity contribution in [3.05, 3.63) is 58.1 Å². The Morgan fingerprint density at radius 1 is 1.38 bits per heavy atom. The van der Waals surface area contributed by atoms with Crippen LogP contribution in [0.1, 0.15) is 39.4 Å². The highest BCUT2D eigenvalue weighted by Crippen LogP contribution is 2.40. The average Bonchev–Trinajstić information content (AvgIpc) is 3.19. The number of hydrogen-bond donors (Lipinski definition) is 2. The summed E-state index contributed by atoms with van der Waals surface area (Å²) in [7, 11) is 0. The van der Waals surface area contributed by atoms with Crippen LogP contribution >= 0.6 is 22.9 Å². The van der Waals surface area contributed by atoms with Crippen LogP contribution in [0.4, 0.5) is 0 Å². The molecule has 0 aliphatic heterocycles. The molecule has 6 heteroatoms. The van der Waals surface area contributed by atoms with Crippen molar-refractivity contribution in [2.24, 2.45) is 11.8 Å². The van der Waals surface area contributed by atoms with E-state index in [9.17, 15) is 9.90 Å². The van der Waals surface area contributed by atoms with E-state index in [4.69, 9.17) is 16.7 Å². The molecule has 138 valence electrons. The number of aromatic nitrogens is 1. The standard InChI is InChI=1S/C20H22ClNO3S/c21-17-11-18(23)16(8-6-13-3-2-10-22-12-13)15(17)5-1-4-14-7-9-19(26-14)20(24)25/h2-3,6-10,12,15-18,23H,1,4-5,11H2,(H,24,25)/t15-,16-,17-,18-/m1/s1. The lowest BCUT2D eigenvalue weighted by molar-refractivity contribution is 0.0702. The molecule has 4 nitrogen and oxygen atoms in total. The molecule has 0 unspecified atom stereocenters. The van der Waals surface area contributed by atoms with Crippen molar-refractivity contribution < 1.29 is 15.0 Å². The predicted molar refractivity (Wildman–Crippen MR) is 105 cm³/mol. The molecule has 0 amide bonds. The lowest BCUT2D eigenvalue weighted by atomic mass is 9.89. The fraction of sp³-hybridized carbons (Fsp3) is 0.400. The van der Waals surface area contributed by atoms with Gasteiger partial charge in [-0.25, -0.2) is 4.79 Å². The summed E-state index contributed by atoms with van der Waals surface area (Å²) < 4.78 is 0. The Balaban J connectivity index is 1.59. The van der Waals surface area contributed by atoms with E-state index in [-0.39, 0.29) is 17.2 Å². The second-order valence-electron chi connectivity index (χ2n) is 6.67. The van der Waals surface area contributed by atoms with Gasteiger partial charge < -0.3 is 10.2 Å². The van der Waals surface area contributed by atoms with Crippen LogP contribution < -0.4 is 0 Å².